The molecule has 0 unspecified atom stereocenters. The van der Waals surface area contributed by atoms with E-state index in [0.717, 1.165) is 11.1 Å². The number of carbonyl (C=O) groups is 1. The van der Waals surface area contributed by atoms with Gasteiger partial charge in [-0.15, -0.1) is 0 Å². The molecule has 1 aliphatic heterocycles. The summed E-state index contributed by atoms with van der Waals surface area (Å²) in [5.41, 5.74) is 1.48. The molecule has 118 valence electrons. The summed E-state index contributed by atoms with van der Waals surface area (Å²) in [6, 6.07) is 3.74. The summed E-state index contributed by atoms with van der Waals surface area (Å²) in [5, 5.41) is 5.26. The Labute approximate surface area is 128 Å². The lowest BCUT2D eigenvalue weighted by Crippen LogP contribution is -2.37. The van der Waals surface area contributed by atoms with Crippen LogP contribution in [-0.4, -0.2) is 59.4 Å². The monoisotopic (exact) mass is 323 g/mol. The molecule has 9 heteroatoms. The van der Waals surface area contributed by atoms with Crippen LogP contribution in [0.25, 0.3) is 11.0 Å². The predicted octanol–water partition coefficient (Wildman–Crippen LogP) is -0.499. The normalized spacial score (nSPS) is 18.3. The van der Waals surface area contributed by atoms with Gasteiger partial charge in [-0.2, -0.15) is 5.10 Å². The number of hydrogen-bond donors (Lipinski definition) is 1. The number of pyridine rings is 1. The van der Waals surface area contributed by atoms with Gasteiger partial charge in [-0.3, -0.25) is 4.79 Å². The van der Waals surface area contributed by atoms with Crippen LogP contribution in [0.1, 0.15) is 5.69 Å². The highest BCUT2D eigenvalue weighted by molar-refractivity contribution is 7.89. The molecule has 22 heavy (non-hydrogen) atoms. The maximum atomic E-state index is 12.4. The van der Waals surface area contributed by atoms with E-state index in [1.54, 1.807) is 15.8 Å². The molecule has 0 saturated carbocycles. The van der Waals surface area contributed by atoms with Gasteiger partial charge in [0.2, 0.25) is 15.9 Å². The molecular formula is C13H17N5O3S. The second kappa shape index (κ2) is 5.65. The number of amides is 1. The summed E-state index contributed by atoms with van der Waals surface area (Å²) in [7, 11) is -3.27. The summed E-state index contributed by atoms with van der Waals surface area (Å²) in [6.07, 6.45) is 1.66. The van der Waals surface area contributed by atoms with Gasteiger partial charge in [-0.1, -0.05) is 0 Å². The summed E-state index contributed by atoms with van der Waals surface area (Å²) in [4.78, 5) is 18.2. The zero-order valence-electron chi connectivity index (χ0n) is 12.2. The van der Waals surface area contributed by atoms with Gasteiger partial charge in [0.15, 0.2) is 5.65 Å². The lowest BCUT2D eigenvalue weighted by molar-refractivity contribution is -0.131. The molecule has 0 aliphatic carbocycles. The quantitative estimate of drug-likeness (QED) is 0.804. The van der Waals surface area contributed by atoms with E-state index in [9.17, 15) is 13.2 Å². The van der Waals surface area contributed by atoms with Crippen LogP contribution in [-0.2, 0) is 21.4 Å². The molecule has 2 aromatic rings. The summed E-state index contributed by atoms with van der Waals surface area (Å²) < 4.78 is 27.0. The number of nitrogens with one attached hydrogen (secondary N) is 1. The third-order valence-corrected chi connectivity index (χ3v) is 5.03. The lowest BCUT2D eigenvalue weighted by atomic mass is 10.3. The first kappa shape index (κ1) is 14.9. The van der Waals surface area contributed by atoms with Crippen molar-refractivity contribution in [1.82, 2.24) is 24.4 Å². The van der Waals surface area contributed by atoms with Crippen LogP contribution in [0.4, 0.5) is 0 Å². The van der Waals surface area contributed by atoms with Crippen LogP contribution in [0.15, 0.2) is 18.3 Å². The van der Waals surface area contributed by atoms with Crippen molar-refractivity contribution in [2.45, 2.75) is 13.5 Å². The Balaban J connectivity index is 1.78. The number of fused-ring (bicyclic) bond motifs is 1. The average molecular weight is 323 g/mol. The summed E-state index contributed by atoms with van der Waals surface area (Å²) in [5.74, 6) is -0.232. The van der Waals surface area contributed by atoms with Crippen LogP contribution in [0, 0.1) is 6.92 Å². The number of nitrogens with zero attached hydrogens (tertiary/aromatic N) is 4. The van der Waals surface area contributed by atoms with Crippen LogP contribution >= 0.6 is 0 Å². The first-order valence-corrected chi connectivity index (χ1v) is 8.65. The minimum absolute atomic E-state index is 0.0569. The fourth-order valence-corrected chi connectivity index (χ4v) is 3.51. The Kier molecular flexibility index (Phi) is 3.83. The number of sulfonamides is 1. The topological polar surface area (TPSA) is 97.2 Å². The maximum Gasteiger partial charge on any atom is 0.244 e. The number of carbonyl (C=O) groups excluding carboxylic acids is 1. The van der Waals surface area contributed by atoms with Gasteiger partial charge in [0, 0.05) is 31.2 Å². The van der Waals surface area contributed by atoms with E-state index < -0.39 is 10.0 Å². The Morgan fingerprint density at radius 3 is 3.05 bits per heavy atom. The van der Waals surface area contributed by atoms with Crippen molar-refractivity contribution in [3.05, 3.63) is 24.0 Å². The first-order chi connectivity index (χ1) is 10.5. The Morgan fingerprint density at radius 2 is 2.23 bits per heavy atom. The minimum atomic E-state index is -3.27. The molecule has 2 aromatic heterocycles. The molecule has 3 heterocycles. The molecule has 0 spiro atoms. The highest BCUT2D eigenvalue weighted by Gasteiger charge is 2.23. The van der Waals surface area contributed by atoms with Gasteiger partial charge < -0.3 is 4.90 Å². The van der Waals surface area contributed by atoms with Gasteiger partial charge in [-0.25, -0.2) is 22.8 Å². The molecule has 1 fully saturated rings. The van der Waals surface area contributed by atoms with Crippen LogP contribution < -0.4 is 4.72 Å². The Bertz CT molecular complexity index is 814. The number of rotatable bonds is 2. The molecule has 1 amide bonds. The molecule has 8 nitrogen and oxygen atoms in total. The second-order valence-corrected chi connectivity index (χ2v) is 7.14. The van der Waals surface area contributed by atoms with Crippen molar-refractivity contribution in [1.29, 1.82) is 0 Å². The van der Waals surface area contributed by atoms with Crippen molar-refractivity contribution in [3.8, 4) is 0 Å². The van der Waals surface area contributed by atoms with Gasteiger partial charge >= 0.3 is 0 Å². The van der Waals surface area contributed by atoms with Crippen molar-refractivity contribution in [2.75, 3.05) is 25.4 Å². The summed E-state index contributed by atoms with van der Waals surface area (Å²) >= 11 is 0. The second-order valence-electron chi connectivity index (χ2n) is 5.21. The summed E-state index contributed by atoms with van der Waals surface area (Å²) in [6.45, 7) is 2.73. The SMILES string of the molecule is Cc1nn(CC(=O)N2CCNS(=O)(=O)CC2)c2ncccc12. The zero-order chi connectivity index (χ0) is 15.7. The van der Waals surface area contributed by atoms with Crippen molar-refractivity contribution in [3.63, 3.8) is 0 Å². The van der Waals surface area contributed by atoms with Gasteiger partial charge in [0.1, 0.15) is 6.54 Å². The van der Waals surface area contributed by atoms with Gasteiger partial charge in [0.05, 0.1) is 11.4 Å². The lowest BCUT2D eigenvalue weighted by Gasteiger charge is -2.19. The minimum Gasteiger partial charge on any atom is -0.339 e. The predicted molar refractivity (Wildman–Crippen MR) is 80.6 cm³/mol. The molecule has 1 aliphatic rings. The largest absolute Gasteiger partial charge is 0.339 e. The van der Waals surface area contributed by atoms with E-state index in [2.05, 4.69) is 14.8 Å². The molecule has 1 N–H and O–H groups in total. The van der Waals surface area contributed by atoms with Gasteiger partial charge in [0.25, 0.3) is 0 Å². The molecule has 0 atom stereocenters. The maximum absolute atomic E-state index is 12.4. The molecular weight excluding hydrogens is 306 g/mol. The fourth-order valence-electron chi connectivity index (χ4n) is 2.51. The molecule has 0 radical (unpaired) electrons. The van der Waals surface area contributed by atoms with Crippen LogP contribution in [0.3, 0.4) is 0 Å². The Hall–Kier alpha value is -2.00. The standard InChI is InChI=1S/C13H17N5O3S/c1-10-11-3-2-4-14-13(11)18(16-10)9-12(19)17-6-5-15-22(20,21)8-7-17/h2-4,15H,5-9H2,1H3. The molecule has 3 rings (SSSR count). The fraction of sp³-hybridized carbons (Fsp3) is 0.462. The van der Waals surface area contributed by atoms with E-state index in [0.29, 0.717) is 12.2 Å². The van der Waals surface area contributed by atoms with E-state index >= 15 is 0 Å². The van der Waals surface area contributed by atoms with Crippen molar-refractivity contribution in [2.24, 2.45) is 0 Å². The molecule has 0 bridgehead atoms. The smallest absolute Gasteiger partial charge is 0.244 e. The van der Waals surface area contributed by atoms with Crippen molar-refractivity contribution >= 4 is 27.0 Å². The molecule has 0 aromatic carbocycles. The molecule has 1 saturated heterocycles. The number of aromatic nitrogens is 3. The van der Waals surface area contributed by atoms with E-state index in [-0.39, 0.29) is 31.3 Å². The van der Waals surface area contributed by atoms with E-state index in [4.69, 9.17) is 0 Å². The van der Waals surface area contributed by atoms with E-state index in [1.807, 2.05) is 19.1 Å². The highest BCUT2D eigenvalue weighted by Crippen LogP contribution is 2.15. The van der Waals surface area contributed by atoms with Crippen LogP contribution in [0.5, 0.6) is 0 Å². The van der Waals surface area contributed by atoms with Crippen molar-refractivity contribution < 1.29 is 13.2 Å². The van der Waals surface area contributed by atoms with Crippen LogP contribution in [0.2, 0.25) is 0 Å². The average Bonchev–Trinajstić information content (AvgIpc) is 2.67. The van der Waals surface area contributed by atoms with Gasteiger partial charge in [-0.05, 0) is 19.1 Å². The number of hydrogen-bond acceptors (Lipinski definition) is 5. The third-order valence-electron chi connectivity index (χ3n) is 3.66. The first-order valence-electron chi connectivity index (χ1n) is 6.99. The Morgan fingerprint density at radius 1 is 1.41 bits per heavy atom. The van der Waals surface area contributed by atoms with E-state index in [1.165, 1.54) is 0 Å². The zero-order valence-corrected chi connectivity index (χ0v) is 13.0. The third kappa shape index (κ3) is 2.95. The number of aryl methyl sites for hydroxylation is 1. The highest BCUT2D eigenvalue weighted by atomic mass is 32.2.